The molecule has 27 heavy (non-hydrogen) atoms. The predicted octanol–water partition coefficient (Wildman–Crippen LogP) is 2.58. The molecule has 1 aromatic rings. The number of aliphatic hydroxyl groups is 1. The molecule has 0 radical (unpaired) electrons. The van der Waals surface area contributed by atoms with Crippen molar-refractivity contribution in [2.75, 3.05) is 13.2 Å². The van der Waals surface area contributed by atoms with Crippen LogP contribution in [0.3, 0.4) is 0 Å². The maximum Gasteiger partial charge on any atom is 0.265 e. The first-order valence-corrected chi connectivity index (χ1v) is 8.24. The summed E-state index contributed by atoms with van der Waals surface area (Å²) in [5, 5.41) is 22.2. The lowest BCUT2D eigenvalue weighted by Crippen LogP contribution is -2.47. The number of nitrogens with zero attached hydrogens (tertiary/aromatic N) is 1. The monoisotopic (exact) mass is 376 g/mol. The molecule has 0 heterocycles. The molecule has 146 valence electrons. The summed E-state index contributed by atoms with van der Waals surface area (Å²) in [6.07, 6.45) is 4.00. The minimum absolute atomic E-state index is 0.0917. The van der Waals surface area contributed by atoms with Crippen molar-refractivity contribution in [2.45, 2.75) is 26.4 Å². The molecule has 2 N–H and O–H groups in total. The van der Waals surface area contributed by atoms with E-state index in [1.807, 2.05) is 0 Å². The standard InChI is InChI=1S/C19H24N2O6/c1-5-15(21(24)25)11-10-14(2)26-16-8-6-7-9-17(16)27-19(3,4)18(23)20-12-13-22/h5-11,22H,2,12-13H2,1,3-4H3,(H,20,23)/b11-10-,15-5+. The van der Waals surface area contributed by atoms with Crippen LogP contribution in [0.4, 0.5) is 0 Å². The number of amides is 1. The second kappa shape index (κ2) is 10.1. The number of rotatable bonds is 10. The highest BCUT2D eigenvalue weighted by molar-refractivity contribution is 5.84. The van der Waals surface area contributed by atoms with Gasteiger partial charge in [-0.05, 0) is 45.1 Å². The Hall–Kier alpha value is -3.13. The summed E-state index contributed by atoms with van der Waals surface area (Å²) in [5.41, 5.74) is -1.30. The van der Waals surface area contributed by atoms with Crippen molar-refractivity contribution in [3.05, 3.63) is 70.6 Å². The highest BCUT2D eigenvalue weighted by Gasteiger charge is 2.30. The summed E-state index contributed by atoms with van der Waals surface area (Å²) >= 11 is 0. The van der Waals surface area contributed by atoms with Crippen LogP contribution in [-0.2, 0) is 4.79 Å². The SMILES string of the molecule is C=C(/C=C\C(=C/C)[N+](=O)[O-])Oc1ccccc1OC(C)(C)C(=O)NCCO. The Morgan fingerprint density at radius 3 is 2.52 bits per heavy atom. The third-order valence-corrected chi connectivity index (χ3v) is 3.35. The van der Waals surface area contributed by atoms with Crippen LogP contribution >= 0.6 is 0 Å². The number of carbonyl (C=O) groups excluding carboxylic acids is 1. The maximum atomic E-state index is 12.1. The Kier molecular flexibility index (Phi) is 8.22. The van der Waals surface area contributed by atoms with Gasteiger partial charge in [0.25, 0.3) is 11.6 Å². The highest BCUT2D eigenvalue weighted by Crippen LogP contribution is 2.31. The van der Waals surface area contributed by atoms with Gasteiger partial charge in [0.2, 0.25) is 0 Å². The first-order chi connectivity index (χ1) is 12.7. The number of aliphatic hydroxyl groups excluding tert-OH is 1. The van der Waals surface area contributed by atoms with Gasteiger partial charge in [-0.3, -0.25) is 14.9 Å². The Morgan fingerprint density at radius 2 is 1.96 bits per heavy atom. The molecular formula is C19H24N2O6. The molecule has 0 fully saturated rings. The van der Waals surface area contributed by atoms with E-state index in [0.29, 0.717) is 11.5 Å². The zero-order valence-electron chi connectivity index (χ0n) is 15.6. The van der Waals surface area contributed by atoms with Gasteiger partial charge < -0.3 is 19.9 Å². The minimum atomic E-state index is -1.21. The smallest absolute Gasteiger partial charge is 0.265 e. The number of para-hydroxylation sites is 2. The number of hydrogen-bond acceptors (Lipinski definition) is 6. The third-order valence-electron chi connectivity index (χ3n) is 3.35. The van der Waals surface area contributed by atoms with Crippen molar-refractivity contribution in [3.63, 3.8) is 0 Å². The van der Waals surface area contributed by atoms with E-state index < -0.39 is 16.4 Å². The second-order valence-electron chi connectivity index (χ2n) is 5.91. The van der Waals surface area contributed by atoms with Crippen LogP contribution in [0.2, 0.25) is 0 Å². The number of benzene rings is 1. The molecule has 0 aliphatic carbocycles. The van der Waals surface area contributed by atoms with Crippen LogP contribution in [0, 0.1) is 10.1 Å². The molecule has 0 aromatic heterocycles. The van der Waals surface area contributed by atoms with Crippen LogP contribution in [0.15, 0.2) is 60.5 Å². The molecule has 0 saturated carbocycles. The number of allylic oxidation sites excluding steroid dienone is 3. The minimum Gasteiger partial charge on any atom is -0.474 e. The van der Waals surface area contributed by atoms with Gasteiger partial charge in [0, 0.05) is 12.6 Å². The van der Waals surface area contributed by atoms with E-state index in [0.717, 1.165) is 0 Å². The number of nitro groups is 1. The van der Waals surface area contributed by atoms with Gasteiger partial charge in [-0.2, -0.15) is 0 Å². The topological polar surface area (TPSA) is 111 Å². The Balaban J connectivity index is 2.90. The third kappa shape index (κ3) is 6.95. The van der Waals surface area contributed by atoms with Gasteiger partial charge in [-0.25, -0.2) is 0 Å². The molecule has 8 nitrogen and oxygen atoms in total. The zero-order valence-corrected chi connectivity index (χ0v) is 15.6. The first kappa shape index (κ1) is 21.9. The molecule has 0 bridgehead atoms. The van der Waals surface area contributed by atoms with E-state index >= 15 is 0 Å². The largest absolute Gasteiger partial charge is 0.474 e. The van der Waals surface area contributed by atoms with Crippen LogP contribution < -0.4 is 14.8 Å². The summed E-state index contributed by atoms with van der Waals surface area (Å²) in [7, 11) is 0. The fourth-order valence-corrected chi connectivity index (χ4v) is 1.94. The summed E-state index contributed by atoms with van der Waals surface area (Å²) in [6, 6.07) is 6.68. The molecule has 0 atom stereocenters. The highest BCUT2D eigenvalue weighted by atomic mass is 16.6. The summed E-state index contributed by atoms with van der Waals surface area (Å²) < 4.78 is 11.4. The van der Waals surface area contributed by atoms with E-state index in [1.54, 1.807) is 45.0 Å². The molecule has 1 rings (SSSR count). The number of hydrogen-bond donors (Lipinski definition) is 2. The van der Waals surface area contributed by atoms with Gasteiger partial charge in [0.15, 0.2) is 17.1 Å². The van der Waals surface area contributed by atoms with E-state index in [1.165, 1.54) is 18.2 Å². The first-order valence-electron chi connectivity index (χ1n) is 8.24. The van der Waals surface area contributed by atoms with Gasteiger partial charge in [0.1, 0.15) is 5.76 Å². The van der Waals surface area contributed by atoms with Gasteiger partial charge in [0.05, 0.1) is 11.5 Å². The van der Waals surface area contributed by atoms with Crippen LogP contribution in [0.25, 0.3) is 0 Å². The summed E-state index contributed by atoms with van der Waals surface area (Å²) in [5.74, 6) is 0.374. The Labute approximate surface area is 157 Å². The molecule has 1 amide bonds. The molecular weight excluding hydrogens is 352 g/mol. The van der Waals surface area contributed by atoms with E-state index in [4.69, 9.17) is 14.6 Å². The van der Waals surface area contributed by atoms with E-state index in [-0.39, 0.29) is 24.6 Å². The summed E-state index contributed by atoms with van der Waals surface area (Å²) in [4.78, 5) is 22.4. The number of ether oxygens (including phenoxy) is 2. The lowest BCUT2D eigenvalue weighted by Gasteiger charge is -2.26. The molecule has 0 aliphatic rings. The predicted molar refractivity (Wildman–Crippen MR) is 101 cm³/mol. The van der Waals surface area contributed by atoms with Crippen molar-refractivity contribution in [1.82, 2.24) is 5.32 Å². The van der Waals surface area contributed by atoms with Crippen molar-refractivity contribution in [3.8, 4) is 11.5 Å². The van der Waals surface area contributed by atoms with Crippen LogP contribution in [0.1, 0.15) is 20.8 Å². The average molecular weight is 376 g/mol. The van der Waals surface area contributed by atoms with Crippen LogP contribution in [-0.4, -0.2) is 34.7 Å². The van der Waals surface area contributed by atoms with Crippen molar-refractivity contribution in [1.29, 1.82) is 0 Å². The molecule has 0 aliphatic heterocycles. The fraction of sp³-hybridized carbons (Fsp3) is 0.316. The van der Waals surface area contributed by atoms with Gasteiger partial charge >= 0.3 is 0 Å². The lowest BCUT2D eigenvalue weighted by atomic mass is 10.1. The Bertz CT molecular complexity index is 752. The van der Waals surface area contributed by atoms with Crippen LogP contribution in [0.5, 0.6) is 11.5 Å². The van der Waals surface area contributed by atoms with E-state index in [2.05, 4.69) is 11.9 Å². The quantitative estimate of drug-likeness (QED) is 0.281. The van der Waals surface area contributed by atoms with Crippen molar-refractivity contribution in [2.24, 2.45) is 0 Å². The summed E-state index contributed by atoms with van der Waals surface area (Å²) in [6.45, 7) is 8.38. The number of nitrogens with one attached hydrogen (secondary N) is 1. The average Bonchev–Trinajstić information content (AvgIpc) is 2.61. The maximum absolute atomic E-state index is 12.1. The molecule has 1 aromatic carbocycles. The Morgan fingerprint density at radius 1 is 1.33 bits per heavy atom. The normalized spacial score (nSPS) is 11.9. The number of carbonyl (C=O) groups is 1. The molecule has 0 spiro atoms. The lowest BCUT2D eigenvalue weighted by molar-refractivity contribution is -0.419. The zero-order chi connectivity index (χ0) is 20.4. The molecule has 0 unspecified atom stereocenters. The molecule has 0 saturated heterocycles. The van der Waals surface area contributed by atoms with Crippen molar-refractivity contribution >= 4 is 5.91 Å². The van der Waals surface area contributed by atoms with E-state index in [9.17, 15) is 14.9 Å². The van der Waals surface area contributed by atoms with Gasteiger partial charge in [-0.1, -0.05) is 18.7 Å². The fourth-order valence-electron chi connectivity index (χ4n) is 1.94. The second-order valence-corrected chi connectivity index (χ2v) is 5.91. The van der Waals surface area contributed by atoms with Gasteiger partial charge in [-0.15, -0.1) is 0 Å². The molecule has 8 heteroatoms. The van der Waals surface area contributed by atoms with Crippen molar-refractivity contribution < 1.29 is 24.3 Å².